The molecule has 6 nitrogen and oxygen atoms in total. The molecule has 0 spiro atoms. The summed E-state index contributed by atoms with van der Waals surface area (Å²) in [6.07, 6.45) is 13.4. The molecule has 1 aliphatic carbocycles. The van der Waals surface area contributed by atoms with Gasteiger partial charge in [-0.1, -0.05) is 25.3 Å². The fourth-order valence-corrected chi connectivity index (χ4v) is 4.58. The topological polar surface area (TPSA) is 73.9 Å². The molecular formula is C22H31N5O. The Kier molecular flexibility index (Phi) is 5.93. The molecule has 2 N–H and O–H groups in total. The van der Waals surface area contributed by atoms with Crippen molar-refractivity contribution in [3.63, 3.8) is 0 Å². The predicted molar refractivity (Wildman–Crippen MR) is 112 cm³/mol. The SMILES string of the molecule is C=C[C@H]1CCCN(C(=O)CCc2[nH]nc3ccnc(NC4CCCCC4)c23)C1. The Bertz CT molecular complexity index is 823. The number of nitrogens with zero attached hydrogens (tertiary/aromatic N) is 3. The minimum absolute atomic E-state index is 0.222. The molecular weight excluding hydrogens is 350 g/mol. The van der Waals surface area contributed by atoms with Gasteiger partial charge in [-0.3, -0.25) is 9.89 Å². The second kappa shape index (κ2) is 8.76. The summed E-state index contributed by atoms with van der Waals surface area (Å²) in [5, 5.41) is 12.3. The Labute approximate surface area is 166 Å². The summed E-state index contributed by atoms with van der Waals surface area (Å²) in [5.74, 6) is 1.56. The lowest BCUT2D eigenvalue weighted by molar-refractivity contribution is -0.132. The van der Waals surface area contributed by atoms with E-state index in [9.17, 15) is 4.79 Å². The van der Waals surface area contributed by atoms with Gasteiger partial charge in [0.15, 0.2) is 0 Å². The van der Waals surface area contributed by atoms with E-state index in [2.05, 4.69) is 27.1 Å². The summed E-state index contributed by atoms with van der Waals surface area (Å²) in [6, 6.07) is 2.42. The zero-order valence-corrected chi connectivity index (χ0v) is 16.6. The molecule has 150 valence electrons. The van der Waals surface area contributed by atoms with Crippen molar-refractivity contribution in [3.05, 3.63) is 30.6 Å². The zero-order chi connectivity index (χ0) is 19.3. The van der Waals surface area contributed by atoms with Crippen LogP contribution in [0.3, 0.4) is 0 Å². The molecule has 2 aromatic rings. The zero-order valence-electron chi connectivity index (χ0n) is 16.6. The molecule has 1 aliphatic heterocycles. The minimum atomic E-state index is 0.222. The molecule has 0 aromatic carbocycles. The number of hydrogen-bond acceptors (Lipinski definition) is 4. The maximum absolute atomic E-state index is 12.7. The fourth-order valence-electron chi connectivity index (χ4n) is 4.58. The summed E-state index contributed by atoms with van der Waals surface area (Å²) in [7, 11) is 0. The Balaban J connectivity index is 1.45. The standard InChI is InChI=1S/C22H31N5O/c1-2-16-7-6-14-27(15-16)20(28)11-10-18-21-19(26-25-18)12-13-23-22(21)24-17-8-4-3-5-9-17/h2,12-13,16-17H,1,3-11,14-15H2,(H,23,24)(H,25,26)/t16-/m0/s1. The third-order valence-electron chi connectivity index (χ3n) is 6.22. The quantitative estimate of drug-likeness (QED) is 0.740. The van der Waals surface area contributed by atoms with Crippen molar-refractivity contribution in [2.45, 2.75) is 63.8 Å². The van der Waals surface area contributed by atoms with E-state index in [0.29, 0.717) is 24.8 Å². The first-order chi connectivity index (χ1) is 13.7. The maximum atomic E-state index is 12.7. The lowest BCUT2D eigenvalue weighted by Gasteiger charge is -2.31. The summed E-state index contributed by atoms with van der Waals surface area (Å²) in [5.41, 5.74) is 1.92. The molecule has 4 rings (SSSR count). The van der Waals surface area contributed by atoms with Crippen LogP contribution in [0.2, 0.25) is 0 Å². The molecule has 0 bridgehead atoms. The van der Waals surface area contributed by atoms with Crippen molar-refractivity contribution in [2.24, 2.45) is 5.92 Å². The number of likely N-dealkylation sites (tertiary alicyclic amines) is 1. The van der Waals surface area contributed by atoms with Crippen LogP contribution in [0, 0.1) is 5.92 Å². The van der Waals surface area contributed by atoms with Gasteiger partial charge in [-0.05, 0) is 44.1 Å². The number of anilines is 1. The van der Waals surface area contributed by atoms with E-state index >= 15 is 0 Å². The van der Waals surface area contributed by atoms with Gasteiger partial charge in [-0.25, -0.2) is 4.98 Å². The largest absolute Gasteiger partial charge is 0.367 e. The summed E-state index contributed by atoms with van der Waals surface area (Å²) < 4.78 is 0. The molecule has 2 aliphatic rings. The molecule has 3 heterocycles. The van der Waals surface area contributed by atoms with Crippen LogP contribution in [0.4, 0.5) is 5.82 Å². The monoisotopic (exact) mass is 381 g/mol. The van der Waals surface area contributed by atoms with Gasteiger partial charge in [-0.2, -0.15) is 5.10 Å². The molecule has 2 aromatic heterocycles. The Hall–Kier alpha value is -2.37. The number of H-pyrrole nitrogens is 1. The lowest BCUT2D eigenvalue weighted by Crippen LogP contribution is -2.39. The van der Waals surface area contributed by atoms with E-state index in [1.807, 2.05) is 23.2 Å². The van der Waals surface area contributed by atoms with Crippen molar-refractivity contribution in [2.75, 3.05) is 18.4 Å². The van der Waals surface area contributed by atoms with Crippen LogP contribution < -0.4 is 5.32 Å². The first kappa shape index (κ1) is 19.0. The Morgan fingerprint density at radius 2 is 2.14 bits per heavy atom. The predicted octanol–water partition coefficient (Wildman–Crippen LogP) is 4.06. The number of fused-ring (bicyclic) bond motifs is 1. The van der Waals surface area contributed by atoms with Crippen LogP contribution in [0.25, 0.3) is 10.9 Å². The molecule has 0 radical (unpaired) electrons. The first-order valence-corrected chi connectivity index (χ1v) is 10.7. The highest BCUT2D eigenvalue weighted by Crippen LogP contribution is 2.28. The highest BCUT2D eigenvalue weighted by atomic mass is 16.2. The van der Waals surface area contributed by atoms with Crippen molar-refractivity contribution in [1.82, 2.24) is 20.1 Å². The van der Waals surface area contributed by atoms with Crippen LogP contribution in [0.15, 0.2) is 24.9 Å². The normalized spacial score (nSPS) is 21.0. The highest BCUT2D eigenvalue weighted by Gasteiger charge is 2.23. The lowest BCUT2D eigenvalue weighted by atomic mass is 9.95. The first-order valence-electron chi connectivity index (χ1n) is 10.7. The van der Waals surface area contributed by atoms with Crippen LogP contribution in [-0.4, -0.2) is 45.1 Å². The van der Waals surface area contributed by atoms with Gasteiger partial charge in [0.2, 0.25) is 5.91 Å². The van der Waals surface area contributed by atoms with Crippen LogP contribution >= 0.6 is 0 Å². The van der Waals surface area contributed by atoms with Crippen LogP contribution in [0.1, 0.15) is 57.1 Å². The third kappa shape index (κ3) is 4.21. The fraction of sp³-hybridized carbons (Fsp3) is 0.591. The van der Waals surface area contributed by atoms with Gasteiger partial charge in [0.05, 0.1) is 10.9 Å². The van der Waals surface area contributed by atoms with Crippen molar-refractivity contribution in [3.8, 4) is 0 Å². The average Bonchev–Trinajstić information content (AvgIpc) is 3.17. The number of aromatic amines is 1. The molecule has 0 unspecified atom stereocenters. The van der Waals surface area contributed by atoms with Gasteiger partial charge >= 0.3 is 0 Å². The molecule has 2 fully saturated rings. The molecule has 1 saturated carbocycles. The average molecular weight is 382 g/mol. The Morgan fingerprint density at radius 1 is 1.29 bits per heavy atom. The van der Waals surface area contributed by atoms with E-state index in [1.165, 1.54) is 32.1 Å². The number of carbonyl (C=O) groups is 1. The number of amides is 1. The van der Waals surface area contributed by atoms with E-state index < -0.39 is 0 Å². The molecule has 1 saturated heterocycles. The van der Waals surface area contributed by atoms with Crippen LogP contribution in [-0.2, 0) is 11.2 Å². The number of nitrogens with one attached hydrogen (secondary N) is 2. The van der Waals surface area contributed by atoms with Crippen LogP contribution in [0.5, 0.6) is 0 Å². The summed E-state index contributed by atoms with van der Waals surface area (Å²) >= 11 is 0. The van der Waals surface area contributed by atoms with Crippen molar-refractivity contribution >= 4 is 22.6 Å². The number of piperidine rings is 1. The van der Waals surface area contributed by atoms with E-state index in [-0.39, 0.29) is 5.91 Å². The summed E-state index contributed by atoms with van der Waals surface area (Å²) in [4.78, 5) is 19.3. The molecule has 1 amide bonds. The maximum Gasteiger partial charge on any atom is 0.222 e. The number of aryl methyl sites for hydroxylation is 1. The number of pyridine rings is 1. The molecule has 6 heteroatoms. The Morgan fingerprint density at radius 3 is 2.96 bits per heavy atom. The van der Waals surface area contributed by atoms with Crippen molar-refractivity contribution < 1.29 is 4.79 Å². The van der Waals surface area contributed by atoms with Gasteiger partial charge in [0.1, 0.15) is 5.82 Å². The van der Waals surface area contributed by atoms with E-state index in [0.717, 1.165) is 48.3 Å². The number of hydrogen-bond donors (Lipinski definition) is 2. The second-order valence-corrected chi connectivity index (χ2v) is 8.21. The second-order valence-electron chi connectivity index (χ2n) is 8.21. The third-order valence-corrected chi connectivity index (χ3v) is 6.22. The minimum Gasteiger partial charge on any atom is -0.367 e. The van der Waals surface area contributed by atoms with Gasteiger partial charge in [0.25, 0.3) is 0 Å². The number of aromatic nitrogens is 3. The summed E-state index contributed by atoms with van der Waals surface area (Å²) in [6.45, 7) is 5.56. The highest BCUT2D eigenvalue weighted by molar-refractivity contribution is 5.92. The van der Waals surface area contributed by atoms with Gasteiger partial charge in [0, 0.05) is 37.4 Å². The van der Waals surface area contributed by atoms with Crippen molar-refractivity contribution in [1.29, 1.82) is 0 Å². The number of carbonyl (C=O) groups excluding carboxylic acids is 1. The molecule has 1 atom stereocenters. The smallest absolute Gasteiger partial charge is 0.222 e. The number of rotatable bonds is 6. The van der Waals surface area contributed by atoms with Gasteiger partial charge in [-0.15, -0.1) is 6.58 Å². The molecule has 28 heavy (non-hydrogen) atoms. The van der Waals surface area contributed by atoms with E-state index in [4.69, 9.17) is 0 Å². The van der Waals surface area contributed by atoms with Gasteiger partial charge < -0.3 is 10.2 Å². The van der Waals surface area contributed by atoms with E-state index in [1.54, 1.807) is 0 Å².